The predicted octanol–water partition coefficient (Wildman–Crippen LogP) is 4.35. The van der Waals surface area contributed by atoms with E-state index in [1.165, 1.54) is 11.8 Å². The molecule has 1 aromatic heterocycles. The predicted molar refractivity (Wildman–Crippen MR) is 120 cm³/mol. The van der Waals surface area contributed by atoms with Crippen molar-refractivity contribution in [3.8, 4) is 22.9 Å². The Labute approximate surface area is 184 Å². The number of nitrogens with zero attached hydrogens (tertiary/aromatic N) is 3. The standard InChI is InChI=1S/C22H21ClN4O2S/c1-2-19-20(15-5-7-16(23)8-6-15)21(25)27-22(26-19)30-13-17(28)12-29-18-9-3-14(11-24)4-10-18/h3-10,17,28H,2,12-13H2,1H3,(H2,25,26,27)/t17-/m1/s1. The van der Waals surface area contributed by atoms with Crippen molar-refractivity contribution in [2.24, 2.45) is 0 Å². The molecule has 0 saturated heterocycles. The zero-order valence-corrected chi connectivity index (χ0v) is 18.0. The number of nitrogens with two attached hydrogens (primary N) is 1. The fourth-order valence-electron chi connectivity index (χ4n) is 2.79. The molecule has 0 amide bonds. The van der Waals surface area contributed by atoms with Crippen molar-refractivity contribution in [2.75, 3.05) is 18.1 Å². The fourth-order valence-corrected chi connectivity index (χ4v) is 3.69. The van der Waals surface area contributed by atoms with Crippen molar-refractivity contribution in [1.29, 1.82) is 5.26 Å². The SMILES string of the molecule is CCc1nc(SC[C@H](O)COc2ccc(C#N)cc2)nc(N)c1-c1ccc(Cl)cc1. The molecule has 0 unspecified atom stereocenters. The summed E-state index contributed by atoms with van der Waals surface area (Å²) in [5, 5.41) is 20.2. The van der Waals surface area contributed by atoms with E-state index in [1.807, 2.05) is 37.3 Å². The number of nitriles is 1. The summed E-state index contributed by atoms with van der Waals surface area (Å²) in [5.74, 6) is 1.35. The first-order valence-electron chi connectivity index (χ1n) is 9.36. The van der Waals surface area contributed by atoms with Crippen molar-refractivity contribution in [2.45, 2.75) is 24.6 Å². The van der Waals surface area contributed by atoms with Gasteiger partial charge in [-0.3, -0.25) is 0 Å². The van der Waals surface area contributed by atoms with Crippen molar-refractivity contribution < 1.29 is 9.84 Å². The summed E-state index contributed by atoms with van der Waals surface area (Å²) in [6, 6.07) is 16.2. The maximum Gasteiger partial charge on any atom is 0.189 e. The summed E-state index contributed by atoms with van der Waals surface area (Å²) in [6.45, 7) is 2.13. The number of aryl methyl sites for hydroxylation is 1. The Hall–Kier alpha value is -2.79. The van der Waals surface area contributed by atoms with Gasteiger partial charge in [-0.05, 0) is 48.4 Å². The number of aliphatic hydroxyl groups excluding tert-OH is 1. The van der Waals surface area contributed by atoms with Crippen LogP contribution in [-0.2, 0) is 6.42 Å². The molecule has 0 bridgehead atoms. The van der Waals surface area contributed by atoms with E-state index in [2.05, 4.69) is 9.97 Å². The van der Waals surface area contributed by atoms with E-state index in [4.69, 9.17) is 27.3 Å². The van der Waals surface area contributed by atoms with Gasteiger partial charge in [0.25, 0.3) is 0 Å². The molecule has 0 aliphatic heterocycles. The highest BCUT2D eigenvalue weighted by Crippen LogP contribution is 2.31. The monoisotopic (exact) mass is 440 g/mol. The number of halogens is 1. The smallest absolute Gasteiger partial charge is 0.189 e. The third kappa shape index (κ3) is 5.63. The lowest BCUT2D eigenvalue weighted by molar-refractivity contribution is 0.126. The Morgan fingerprint density at radius 2 is 1.87 bits per heavy atom. The van der Waals surface area contributed by atoms with E-state index in [0.29, 0.717) is 39.5 Å². The Morgan fingerprint density at radius 1 is 1.17 bits per heavy atom. The number of aromatic nitrogens is 2. The molecule has 3 rings (SSSR count). The number of rotatable bonds is 8. The Balaban J connectivity index is 1.62. The molecule has 0 aliphatic rings. The largest absolute Gasteiger partial charge is 0.491 e. The maximum atomic E-state index is 10.2. The average Bonchev–Trinajstić information content (AvgIpc) is 2.77. The van der Waals surface area contributed by atoms with Crippen LogP contribution in [0.3, 0.4) is 0 Å². The second kappa shape index (κ2) is 10.3. The average molecular weight is 441 g/mol. The van der Waals surface area contributed by atoms with Crippen LogP contribution in [0.4, 0.5) is 5.82 Å². The van der Waals surface area contributed by atoms with Gasteiger partial charge in [-0.15, -0.1) is 0 Å². The molecule has 1 heterocycles. The molecule has 0 spiro atoms. The van der Waals surface area contributed by atoms with Crippen LogP contribution < -0.4 is 10.5 Å². The number of benzene rings is 2. The van der Waals surface area contributed by atoms with Gasteiger partial charge >= 0.3 is 0 Å². The number of hydrogen-bond donors (Lipinski definition) is 2. The minimum absolute atomic E-state index is 0.123. The van der Waals surface area contributed by atoms with Crippen LogP contribution in [0.2, 0.25) is 5.02 Å². The van der Waals surface area contributed by atoms with Crippen LogP contribution in [0, 0.1) is 11.3 Å². The number of thioether (sulfide) groups is 1. The minimum Gasteiger partial charge on any atom is -0.491 e. The van der Waals surface area contributed by atoms with Crippen LogP contribution >= 0.6 is 23.4 Å². The van der Waals surface area contributed by atoms with E-state index in [0.717, 1.165) is 16.8 Å². The van der Waals surface area contributed by atoms with Gasteiger partial charge in [-0.2, -0.15) is 5.26 Å². The number of aliphatic hydroxyl groups is 1. The molecule has 3 N–H and O–H groups in total. The van der Waals surface area contributed by atoms with Crippen molar-refractivity contribution in [1.82, 2.24) is 9.97 Å². The van der Waals surface area contributed by atoms with E-state index in [1.54, 1.807) is 24.3 Å². The van der Waals surface area contributed by atoms with Crippen LogP contribution in [0.1, 0.15) is 18.2 Å². The quantitative estimate of drug-likeness (QED) is 0.396. The maximum absolute atomic E-state index is 10.2. The van der Waals surface area contributed by atoms with Crippen LogP contribution in [0.25, 0.3) is 11.1 Å². The van der Waals surface area contributed by atoms with Crippen LogP contribution in [0.5, 0.6) is 5.75 Å². The van der Waals surface area contributed by atoms with E-state index in [-0.39, 0.29) is 6.61 Å². The number of ether oxygens (including phenoxy) is 1. The zero-order chi connectivity index (χ0) is 21.5. The molecule has 0 aliphatic carbocycles. The van der Waals surface area contributed by atoms with Gasteiger partial charge in [0.15, 0.2) is 5.16 Å². The lowest BCUT2D eigenvalue weighted by Crippen LogP contribution is -2.20. The third-order valence-electron chi connectivity index (χ3n) is 4.29. The summed E-state index contributed by atoms with van der Waals surface area (Å²) in [7, 11) is 0. The van der Waals surface area contributed by atoms with Gasteiger partial charge in [0, 0.05) is 16.3 Å². The summed E-state index contributed by atoms with van der Waals surface area (Å²) < 4.78 is 5.56. The van der Waals surface area contributed by atoms with Gasteiger partial charge in [-0.1, -0.05) is 42.4 Å². The minimum atomic E-state index is -0.712. The molecule has 8 heteroatoms. The summed E-state index contributed by atoms with van der Waals surface area (Å²) in [4.78, 5) is 9.02. The van der Waals surface area contributed by atoms with Gasteiger partial charge < -0.3 is 15.6 Å². The number of nitrogen functional groups attached to an aromatic ring is 1. The Kier molecular flexibility index (Phi) is 7.52. The normalized spacial score (nSPS) is 11.7. The van der Waals surface area contributed by atoms with E-state index < -0.39 is 6.10 Å². The molecule has 0 radical (unpaired) electrons. The second-order valence-electron chi connectivity index (χ2n) is 6.49. The molecular formula is C22H21ClN4O2S. The topological polar surface area (TPSA) is 105 Å². The molecule has 6 nitrogen and oxygen atoms in total. The van der Waals surface area contributed by atoms with Crippen molar-refractivity contribution >= 4 is 29.2 Å². The lowest BCUT2D eigenvalue weighted by Gasteiger charge is -2.14. The Morgan fingerprint density at radius 3 is 2.50 bits per heavy atom. The van der Waals surface area contributed by atoms with E-state index in [9.17, 15) is 5.11 Å². The summed E-state index contributed by atoms with van der Waals surface area (Å²) >= 11 is 7.30. The molecule has 154 valence electrons. The van der Waals surface area contributed by atoms with Crippen molar-refractivity contribution in [3.63, 3.8) is 0 Å². The first-order chi connectivity index (χ1) is 14.5. The van der Waals surface area contributed by atoms with Crippen LogP contribution in [0.15, 0.2) is 53.7 Å². The molecule has 0 saturated carbocycles. The highest BCUT2D eigenvalue weighted by atomic mass is 35.5. The third-order valence-corrected chi connectivity index (χ3v) is 5.53. The van der Waals surface area contributed by atoms with Gasteiger partial charge in [0.2, 0.25) is 0 Å². The van der Waals surface area contributed by atoms with Crippen LogP contribution in [-0.4, -0.2) is 33.5 Å². The first-order valence-corrected chi connectivity index (χ1v) is 10.7. The zero-order valence-electron chi connectivity index (χ0n) is 16.4. The van der Waals surface area contributed by atoms with Crippen molar-refractivity contribution in [3.05, 3.63) is 64.8 Å². The molecular weight excluding hydrogens is 420 g/mol. The molecule has 30 heavy (non-hydrogen) atoms. The summed E-state index contributed by atoms with van der Waals surface area (Å²) in [5.41, 5.74) is 9.35. The molecule has 3 aromatic rings. The fraction of sp³-hybridized carbons (Fsp3) is 0.227. The highest BCUT2D eigenvalue weighted by molar-refractivity contribution is 7.99. The highest BCUT2D eigenvalue weighted by Gasteiger charge is 2.15. The Bertz CT molecular complexity index is 1040. The number of hydrogen-bond acceptors (Lipinski definition) is 7. The molecule has 0 fully saturated rings. The summed E-state index contributed by atoms with van der Waals surface area (Å²) in [6.07, 6.45) is -0.0146. The van der Waals surface area contributed by atoms with Gasteiger partial charge in [0.1, 0.15) is 18.2 Å². The van der Waals surface area contributed by atoms with Gasteiger partial charge in [-0.25, -0.2) is 9.97 Å². The molecule has 1 atom stereocenters. The second-order valence-corrected chi connectivity index (χ2v) is 7.91. The lowest BCUT2D eigenvalue weighted by atomic mass is 10.0. The van der Waals surface area contributed by atoms with E-state index >= 15 is 0 Å². The number of anilines is 1. The molecule has 2 aromatic carbocycles. The van der Waals surface area contributed by atoms with Gasteiger partial charge in [0.05, 0.1) is 23.4 Å². The first kappa shape index (κ1) is 21.9.